The van der Waals surface area contributed by atoms with E-state index in [1.54, 1.807) is 48.5 Å². The van der Waals surface area contributed by atoms with Crippen molar-refractivity contribution in [2.24, 2.45) is 5.73 Å². The van der Waals surface area contributed by atoms with E-state index in [9.17, 15) is 9.59 Å². The molecule has 4 nitrogen and oxygen atoms in total. The fourth-order valence-corrected chi connectivity index (χ4v) is 1.71. The first kappa shape index (κ1) is 14.1. The molecule has 0 fully saturated rings. The van der Waals surface area contributed by atoms with Gasteiger partial charge in [0, 0.05) is 10.6 Å². The average molecular weight is 290 g/mol. The van der Waals surface area contributed by atoms with Crippen LogP contribution in [0.4, 0.5) is 0 Å². The van der Waals surface area contributed by atoms with Crippen LogP contribution in [-0.4, -0.2) is 11.9 Å². The van der Waals surface area contributed by atoms with Crippen LogP contribution in [0.5, 0.6) is 0 Å². The molecule has 2 N–H and O–H groups in total. The molecule has 0 aliphatic heterocycles. The van der Waals surface area contributed by atoms with Gasteiger partial charge >= 0.3 is 5.97 Å². The fourth-order valence-electron chi connectivity index (χ4n) is 1.58. The standard InChI is InChI=1S/C15H12ClNO3/c16-13-7-5-12(6-8-13)15(19)20-9-10-1-3-11(4-2-10)14(17)18/h1-8H,9H2,(H2,17,18). The molecule has 0 atom stereocenters. The van der Waals surface area contributed by atoms with E-state index in [-0.39, 0.29) is 6.61 Å². The van der Waals surface area contributed by atoms with Crippen LogP contribution in [0.3, 0.4) is 0 Å². The van der Waals surface area contributed by atoms with Gasteiger partial charge in [0.25, 0.3) is 0 Å². The highest BCUT2D eigenvalue weighted by molar-refractivity contribution is 6.30. The maximum atomic E-state index is 11.8. The first-order valence-electron chi connectivity index (χ1n) is 5.87. The van der Waals surface area contributed by atoms with Crippen molar-refractivity contribution >= 4 is 23.5 Å². The van der Waals surface area contributed by atoms with E-state index in [0.29, 0.717) is 16.1 Å². The summed E-state index contributed by atoms with van der Waals surface area (Å²) in [4.78, 5) is 22.7. The highest BCUT2D eigenvalue weighted by Crippen LogP contribution is 2.12. The molecule has 0 heterocycles. The second-order valence-corrected chi connectivity index (χ2v) is 4.58. The Labute approximate surface area is 121 Å². The van der Waals surface area contributed by atoms with Gasteiger partial charge in [-0.05, 0) is 42.0 Å². The summed E-state index contributed by atoms with van der Waals surface area (Å²) >= 11 is 5.74. The molecule has 0 aromatic heterocycles. The number of ether oxygens (including phenoxy) is 1. The van der Waals surface area contributed by atoms with Crippen LogP contribution in [0.2, 0.25) is 5.02 Å². The number of rotatable bonds is 4. The second kappa shape index (κ2) is 6.21. The fraction of sp³-hybridized carbons (Fsp3) is 0.0667. The van der Waals surface area contributed by atoms with Crippen molar-refractivity contribution in [3.63, 3.8) is 0 Å². The molecule has 0 spiro atoms. The molecule has 20 heavy (non-hydrogen) atoms. The number of hydrogen-bond acceptors (Lipinski definition) is 3. The average Bonchev–Trinajstić information content (AvgIpc) is 2.46. The molecular formula is C15H12ClNO3. The number of amides is 1. The normalized spacial score (nSPS) is 10.1. The van der Waals surface area contributed by atoms with E-state index in [0.717, 1.165) is 5.56 Å². The van der Waals surface area contributed by atoms with E-state index in [4.69, 9.17) is 22.1 Å². The molecule has 0 aliphatic carbocycles. The van der Waals surface area contributed by atoms with E-state index in [1.807, 2.05) is 0 Å². The van der Waals surface area contributed by atoms with Crippen LogP contribution >= 0.6 is 11.6 Å². The first-order chi connectivity index (χ1) is 9.56. The van der Waals surface area contributed by atoms with Crippen LogP contribution in [0.15, 0.2) is 48.5 Å². The Bertz CT molecular complexity index is 621. The minimum absolute atomic E-state index is 0.125. The molecule has 0 bridgehead atoms. The molecule has 0 radical (unpaired) electrons. The van der Waals surface area contributed by atoms with Gasteiger partial charge < -0.3 is 10.5 Å². The highest BCUT2D eigenvalue weighted by atomic mass is 35.5. The third-order valence-electron chi connectivity index (χ3n) is 2.69. The molecule has 2 aromatic rings. The van der Waals surface area contributed by atoms with Gasteiger partial charge in [-0.25, -0.2) is 4.79 Å². The third kappa shape index (κ3) is 3.59. The maximum Gasteiger partial charge on any atom is 0.338 e. The number of halogens is 1. The molecule has 0 aliphatic rings. The number of primary amides is 1. The number of esters is 1. The summed E-state index contributed by atoms with van der Waals surface area (Å²) in [6.07, 6.45) is 0. The Morgan fingerprint density at radius 1 is 0.950 bits per heavy atom. The van der Waals surface area contributed by atoms with Crippen molar-refractivity contribution in [1.82, 2.24) is 0 Å². The molecule has 2 rings (SSSR count). The zero-order chi connectivity index (χ0) is 14.5. The summed E-state index contributed by atoms with van der Waals surface area (Å²) in [7, 11) is 0. The van der Waals surface area contributed by atoms with Crippen LogP contribution < -0.4 is 5.73 Å². The predicted molar refractivity (Wildman–Crippen MR) is 75.5 cm³/mol. The molecule has 0 saturated carbocycles. The minimum atomic E-state index is -0.491. The molecule has 0 unspecified atom stereocenters. The SMILES string of the molecule is NC(=O)c1ccc(COC(=O)c2ccc(Cl)cc2)cc1. The van der Waals surface area contributed by atoms with Gasteiger partial charge in [-0.15, -0.1) is 0 Å². The predicted octanol–water partition coefficient (Wildman–Crippen LogP) is 2.80. The van der Waals surface area contributed by atoms with E-state index in [1.165, 1.54) is 0 Å². The Morgan fingerprint density at radius 2 is 1.50 bits per heavy atom. The number of carbonyl (C=O) groups is 2. The second-order valence-electron chi connectivity index (χ2n) is 4.14. The molecule has 0 saturated heterocycles. The van der Waals surface area contributed by atoms with Crippen molar-refractivity contribution in [3.8, 4) is 0 Å². The minimum Gasteiger partial charge on any atom is -0.457 e. The van der Waals surface area contributed by atoms with Crippen molar-refractivity contribution in [2.75, 3.05) is 0 Å². The highest BCUT2D eigenvalue weighted by Gasteiger charge is 2.07. The third-order valence-corrected chi connectivity index (χ3v) is 2.94. The van der Waals surface area contributed by atoms with Crippen LogP contribution in [-0.2, 0) is 11.3 Å². The largest absolute Gasteiger partial charge is 0.457 e. The van der Waals surface area contributed by atoms with Crippen LogP contribution in [0.25, 0.3) is 0 Å². The molecule has 5 heteroatoms. The summed E-state index contributed by atoms with van der Waals surface area (Å²) in [5.41, 5.74) is 6.76. The van der Waals surface area contributed by atoms with Gasteiger partial charge in [-0.1, -0.05) is 23.7 Å². The van der Waals surface area contributed by atoms with E-state index in [2.05, 4.69) is 0 Å². The van der Waals surface area contributed by atoms with Gasteiger partial charge in [-0.2, -0.15) is 0 Å². The van der Waals surface area contributed by atoms with Gasteiger partial charge in [0.2, 0.25) is 5.91 Å². The maximum absolute atomic E-state index is 11.8. The summed E-state index contributed by atoms with van der Waals surface area (Å²) < 4.78 is 5.16. The Morgan fingerprint density at radius 3 is 2.05 bits per heavy atom. The van der Waals surface area contributed by atoms with E-state index < -0.39 is 11.9 Å². The topological polar surface area (TPSA) is 69.4 Å². The smallest absolute Gasteiger partial charge is 0.338 e. The summed E-state index contributed by atoms with van der Waals surface area (Å²) in [6.45, 7) is 0.125. The van der Waals surface area contributed by atoms with Crippen molar-refractivity contribution in [2.45, 2.75) is 6.61 Å². The van der Waals surface area contributed by atoms with Gasteiger partial charge in [-0.3, -0.25) is 4.79 Å². The lowest BCUT2D eigenvalue weighted by Gasteiger charge is -2.05. The number of nitrogens with two attached hydrogens (primary N) is 1. The Kier molecular flexibility index (Phi) is 4.38. The Hall–Kier alpha value is -2.33. The Balaban J connectivity index is 1.96. The lowest BCUT2D eigenvalue weighted by molar-refractivity contribution is 0.0472. The van der Waals surface area contributed by atoms with E-state index >= 15 is 0 Å². The van der Waals surface area contributed by atoms with Crippen molar-refractivity contribution in [1.29, 1.82) is 0 Å². The quantitative estimate of drug-likeness (QED) is 0.880. The van der Waals surface area contributed by atoms with Gasteiger partial charge in [0.1, 0.15) is 6.61 Å². The number of carbonyl (C=O) groups excluding carboxylic acids is 2. The number of benzene rings is 2. The molecule has 102 valence electrons. The van der Waals surface area contributed by atoms with Crippen molar-refractivity contribution < 1.29 is 14.3 Å². The summed E-state index contributed by atoms with van der Waals surface area (Å²) in [5.74, 6) is -0.921. The summed E-state index contributed by atoms with van der Waals surface area (Å²) in [5, 5.41) is 0.559. The lowest BCUT2D eigenvalue weighted by Crippen LogP contribution is -2.11. The van der Waals surface area contributed by atoms with Crippen LogP contribution in [0, 0.1) is 0 Å². The molecular weight excluding hydrogens is 278 g/mol. The first-order valence-corrected chi connectivity index (χ1v) is 6.25. The van der Waals surface area contributed by atoms with Gasteiger partial charge in [0.15, 0.2) is 0 Å². The van der Waals surface area contributed by atoms with Crippen LogP contribution in [0.1, 0.15) is 26.3 Å². The molecule has 2 aromatic carbocycles. The molecule has 1 amide bonds. The van der Waals surface area contributed by atoms with Gasteiger partial charge in [0.05, 0.1) is 5.56 Å². The van der Waals surface area contributed by atoms with Crippen molar-refractivity contribution in [3.05, 3.63) is 70.2 Å². The monoisotopic (exact) mass is 289 g/mol. The number of hydrogen-bond donors (Lipinski definition) is 1. The lowest BCUT2D eigenvalue weighted by atomic mass is 10.1. The zero-order valence-corrected chi connectivity index (χ0v) is 11.3. The summed E-state index contributed by atoms with van der Waals surface area (Å²) in [6, 6.07) is 13.0. The zero-order valence-electron chi connectivity index (χ0n) is 10.5.